The SMILES string of the molecule is COc1cncc(-c2nnc(NS(=O)(=O)C(C)C(OC)c3cnc(C)cn3)n2-c2c(OC)cccc2OC)n1. The molecule has 2 unspecified atom stereocenters. The average molecular weight is 557 g/mol. The van der Waals surface area contributed by atoms with E-state index in [1.807, 2.05) is 0 Å². The second kappa shape index (κ2) is 11.6. The van der Waals surface area contributed by atoms with Gasteiger partial charge in [0.1, 0.15) is 34.2 Å². The van der Waals surface area contributed by atoms with Crippen molar-refractivity contribution in [1.82, 2.24) is 34.7 Å². The van der Waals surface area contributed by atoms with Crippen molar-refractivity contribution in [2.24, 2.45) is 0 Å². The lowest BCUT2D eigenvalue weighted by Crippen LogP contribution is -2.33. The first-order valence-corrected chi connectivity index (χ1v) is 13.1. The molecular formula is C24H28N8O6S. The molecule has 0 aliphatic carbocycles. The number of methoxy groups -OCH3 is 4. The minimum atomic E-state index is -4.14. The summed E-state index contributed by atoms with van der Waals surface area (Å²) in [6, 6.07) is 5.11. The Balaban J connectivity index is 1.85. The van der Waals surface area contributed by atoms with E-state index in [-0.39, 0.29) is 23.3 Å². The van der Waals surface area contributed by atoms with Gasteiger partial charge in [0.05, 0.1) is 51.3 Å². The third-order valence-electron chi connectivity index (χ3n) is 5.83. The molecule has 0 radical (unpaired) electrons. The fraction of sp³-hybridized carbons (Fsp3) is 0.333. The smallest absolute Gasteiger partial charge is 0.243 e. The van der Waals surface area contributed by atoms with E-state index in [0.717, 1.165) is 0 Å². The summed E-state index contributed by atoms with van der Waals surface area (Å²) in [6.07, 6.45) is 4.98. The van der Waals surface area contributed by atoms with Crippen LogP contribution in [0.25, 0.3) is 17.2 Å². The topological polar surface area (TPSA) is 165 Å². The second-order valence-electron chi connectivity index (χ2n) is 8.23. The second-order valence-corrected chi connectivity index (χ2v) is 10.3. The highest BCUT2D eigenvalue weighted by Crippen LogP contribution is 2.38. The Labute approximate surface area is 225 Å². The first-order chi connectivity index (χ1) is 18.7. The lowest BCUT2D eigenvalue weighted by molar-refractivity contribution is 0.0985. The molecule has 0 bridgehead atoms. The Kier molecular flexibility index (Phi) is 8.21. The van der Waals surface area contributed by atoms with E-state index in [1.54, 1.807) is 31.3 Å². The van der Waals surface area contributed by atoms with E-state index in [0.29, 0.717) is 28.6 Å². The van der Waals surface area contributed by atoms with Gasteiger partial charge in [-0.05, 0) is 26.0 Å². The van der Waals surface area contributed by atoms with Crippen LogP contribution in [0.5, 0.6) is 17.4 Å². The number of nitrogens with one attached hydrogen (secondary N) is 1. The number of sulfonamides is 1. The summed E-state index contributed by atoms with van der Waals surface area (Å²) in [5, 5.41) is 7.27. The molecule has 0 aliphatic heterocycles. The van der Waals surface area contributed by atoms with Crippen molar-refractivity contribution < 1.29 is 27.4 Å². The molecule has 0 saturated carbocycles. The predicted octanol–water partition coefficient (Wildman–Crippen LogP) is 2.37. The van der Waals surface area contributed by atoms with Crippen molar-refractivity contribution in [3.63, 3.8) is 0 Å². The van der Waals surface area contributed by atoms with Gasteiger partial charge in [0.15, 0.2) is 5.82 Å². The maximum atomic E-state index is 13.6. The van der Waals surface area contributed by atoms with Crippen molar-refractivity contribution in [3.8, 4) is 34.6 Å². The summed E-state index contributed by atoms with van der Waals surface area (Å²) in [5.41, 5.74) is 1.65. The van der Waals surface area contributed by atoms with Gasteiger partial charge in [0.25, 0.3) is 0 Å². The number of aromatic nitrogens is 7. The summed E-state index contributed by atoms with van der Waals surface area (Å²) in [7, 11) is 1.67. The number of anilines is 1. The van der Waals surface area contributed by atoms with Crippen molar-refractivity contribution in [2.75, 3.05) is 33.2 Å². The van der Waals surface area contributed by atoms with Gasteiger partial charge in [-0.1, -0.05) is 6.07 Å². The van der Waals surface area contributed by atoms with Crippen LogP contribution in [0.2, 0.25) is 0 Å². The summed E-state index contributed by atoms with van der Waals surface area (Å²) in [4.78, 5) is 17.0. The Morgan fingerprint density at radius 2 is 1.64 bits per heavy atom. The molecule has 0 saturated heterocycles. The number of nitrogens with zero attached hydrogens (tertiary/aromatic N) is 7. The highest BCUT2D eigenvalue weighted by Gasteiger charge is 2.34. The number of ether oxygens (including phenoxy) is 4. The average Bonchev–Trinajstić information content (AvgIpc) is 3.35. The molecule has 2 atom stereocenters. The first kappa shape index (κ1) is 27.7. The van der Waals surface area contributed by atoms with Crippen LogP contribution in [0, 0.1) is 6.92 Å². The van der Waals surface area contributed by atoms with Gasteiger partial charge in [-0.25, -0.2) is 13.4 Å². The first-order valence-electron chi connectivity index (χ1n) is 11.6. The van der Waals surface area contributed by atoms with E-state index in [2.05, 4.69) is 34.9 Å². The molecule has 206 valence electrons. The number of para-hydroxylation sites is 1. The molecule has 4 aromatic rings. The number of benzene rings is 1. The fourth-order valence-corrected chi connectivity index (χ4v) is 4.97. The Bertz CT molecular complexity index is 1520. The van der Waals surface area contributed by atoms with Gasteiger partial charge < -0.3 is 18.9 Å². The van der Waals surface area contributed by atoms with Crippen LogP contribution in [0.4, 0.5) is 5.95 Å². The third-order valence-corrected chi connectivity index (χ3v) is 7.53. The summed E-state index contributed by atoms with van der Waals surface area (Å²) >= 11 is 0. The molecule has 14 nitrogen and oxygen atoms in total. The Morgan fingerprint density at radius 1 is 0.923 bits per heavy atom. The minimum Gasteiger partial charge on any atom is -0.494 e. The van der Waals surface area contributed by atoms with Gasteiger partial charge in [-0.2, -0.15) is 0 Å². The summed E-state index contributed by atoms with van der Waals surface area (Å²) < 4.78 is 53.1. The highest BCUT2D eigenvalue weighted by atomic mass is 32.2. The zero-order chi connectivity index (χ0) is 28.2. The van der Waals surface area contributed by atoms with Crippen LogP contribution < -0.4 is 18.9 Å². The van der Waals surface area contributed by atoms with E-state index >= 15 is 0 Å². The van der Waals surface area contributed by atoms with E-state index in [9.17, 15) is 8.42 Å². The molecule has 1 N–H and O–H groups in total. The highest BCUT2D eigenvalue weighted by molar-refractivity contribution is 7.93. The number of hydrogen-bond acceptors (Lipinski definition) is 12. The standard InChI is InChI=1S/C24H28N8O6S/c1-14-10-27-16(12-26-14)22(38-6)15(2)39(33,34)31-24-30-29-23(17-11-25-13-20(28-17)37-5)32(24)21-18(35-3)8-7-9-19(21)36-4/h7-13,15,22H,1-6H3,(H,30,31). The normalized spacial score (nSPS) is 13.0. The van der Waals surface area contributed by atoms with Crippen molar-refractivity contribution in [1.29, 1.82) is 0 Å². The van der Waals surface area contributed by atoms with Crippen LogP contribution in [0.3, 0.4) is 0 Å². The molecule has 0 aliphatic rings. The van der Waals surface area contributed by atoms with Gasteiger partial charge >= 0.3 is 0 Å². The lowest BCUT2D eigenvalue weighted by Gasteiger charge is -2.23. The van der Waals surface area contributed by atoms with Crippen LogP contribution in [0.1, 0.15) is 24.4 Å². The number of hydrogen-bond donors (Lipinski definition) is 1. The van der Waals surface area contributed by atoms with Gasteiger partial charge in [-0.15, -0.1) is 10.2 Å². The molecule has 3 aromatic heterocycles. The van der Waals surface area contributed by atoms with E-state index in [4.69, 9.17) is 18.9 Å². The zero-order valence-corrected chi connectivity index (χ0v) is 23.0. The molecular weight excluding hydrogens is 528 g/mol. The molecule has 39 heavy (non-hydrogen) atoms. The zero-order valence-electron chi connectivity index (χ0n) is 22.2. The maximum absolute atomic E-state index is 13.6. The van der Waals surface area contributed by atoms with Gasteiger partial charge in [0.2, 0.25) is 21.9 Å². The van der Waals surface area contributed by atoms with Crippen molar-refractivity contribution >= 4 is 16.0 Å². The van der Waals surface area contributed by atoms with Crippen LogP contribution in [-0.2, 0) is 14.8 Å². The molecule has 3 heterocycles. The van der Waals surface area contributed by atoms with Crippen molar-refractivity contribution in [2.45, 2.75) is 25.2 Å². The van der Waals surface area contributed by atoms with Crippen LogP contribution in [0.15, 0.2) is 43.0 Å². The summed E-state index contributed by atoms with van der Waals surface area (Å²) in [5.74, 6) is 0.970. The number of aryl methyl sites for hydroxylation is 1. The Hall–Kier alpha value is -4.37. The molecule has 0 amide bonds. The Morgan fingerprint density at radius 3 is 2.23 bits per heavy atom. The monoisotopic (exact) mass is 556 g/mol. The largest absolute Gasteiger partial charge is 0.494 e. The maximum Gasteiger partial charge on any atom is 0.243 e. The molecule has 0 spiro atoms. The van der Waals surface area contributed by atoms with Crippen molar-refractivity contribution in [3.05, 3.63) is 54.4 Å². The predicted molar refractivity (Wildman–Crippen MR) is 141 cm³/mol. The molecule has 4 rings (SSSR count). The van der Waals surface area contributed by atoms with E-state index in [1.165, 1.54) is 58.5 Å². The fourth-order valence-electron chi connectivity index (χ4n) is 3.82. The quantitative estimate of drug-likeness (QED) is 0.287. The van der Waals surface area contributed by atoms with Gasteiger partial charge in [0, 0.05) is 13.3 Å². The minimum absolute atomic E-state index is 0.144. The summed E-state index contributed by atoms with van der Waals surface area (Å²) in [6.45, 7) is 3.28. The van der Waals surface area contributed by atoms with Gasteiger partial charge in [-0.3, -0.25) is 24.2 Å². The molecule has 1 aromatic carbocycles. The molecule has 15 heteroatoms. The number of rotatable bonds is 11. The third kappa shape index (κ3) is 5.58. The molecule has 0 fully saturated rings. The van der Waals surface area contributed by atoms with Crippen LogP contribution >= 0.6 is 0 Å². The van der Waals surface area contributed by atoms with E-state index < -0.39 is 21.4 Å². The van der Waals surface area contributed by atoms with Crippen LogP contribution in [-0.4, -0.2) is 76.8 Å². The lowest BCUT2D eigenvalue weighted by atomic mass is 10.2.